The van der Waals surface area contributed by atoms with E-state index < -0.39 is 55.2 Å². The van der Waals surface area contributed by atoms with Crippen LogP contribution in [0.4, 0.5) is 13.2 Å². The molecule has 1 amide bonds. The highest BCUT2D eigenvalue weighted by Crippen LogP contribution is 2.43. The number of rotatable bonds is 7. The minimum atomic E-state index is -4.95. The van der Waals surface area contributed by atoms with Crippen molar-refractivity contribution in [2.75, 3.05) is 0 Å². The number of nitriles is 1. The molecule has 1 heterocycles. The van der Waals surface area contributed by atoms with Gasteiger partial charge in [0.1, 0.15) is 11.3 Å². The molecule has 37 heavy (non-hydrogen) atoms. The summed E-state index contributed by atoms with van der Waals surface area (Å²) in [5.41, 5.74) is -1.37. The van der Waals surface area contributed by atoms with Crippen molar-refractivity contribution >= 4 is 15.7 Å². The lowest BCUT2D eigenvalue weighted by molar-refractivity contribution is -0.139. The van der Waals surface area contributed by atoms with Gasteiger partial charge in [-0.05, 0) is 71.1 Å². The van der Waals surface area contributed by atoms with Crippen LogP contribution >= 0.6 is 0 Å². The first kappa shape index (κ1) is 27.1. The number of alkyl halides is 3. The van der Waals surface area contributed by atoms with Crippen LogP contribution in [-0.4, -0.2) is 42.5 Å². The molecule has 1 aromatic heterocycles. The van der Waals surface area contributed by atoms with Crippen LogP contribution in [0.1, 0.15) is 56.5 Å². The van der Waals surface area contributed by atoms with Gasteiger partial charge < -0.3 is 14.6 Å². The SMILES string of the molecule is Cc1noc(C)c1-c1ccc(S(=O)(=O)[C@@H]2CC(C(=O)NC3(C#N)CC3)[C@H](OC(C)C)C2)c(C(F)(F)F)c1. The van der Waals surface area contributed by atoms with Crippen LogP contribution < -0.4 is 5.32 Å². The van der Waals surface area contributed by atoms with Crippen molar-refractivity contribution in [3.05, 3.63) is 35.2 Å². The largest absolute Gasteiger partial charge is 0.417 e. The van der Waals surface area contributed by atoms with E-state index in [1.165, 1.54) is 6.07 Å². The molecule has 2 saturated carbocycles. The number of hydrogen-bond donors (Lipinski definition) is 1. The Kier molecular flexibility index (Phi) is 6.92. The highest BCUT2D eigenvalue weighted by molar-refractivity contribution is 7.92. The van der Waals surface area contributed by atoms with E-state index in [1.807, 2.05) is 0 Å². The van der Waals surface area contributed by atoms with E-state index in [4.69, 9.17) is 9.26 Å². The number of hydrogen-bond acceptors (Lipinski definition) is 7. The molecule has 12 heteroatoms. The van der Waals surface area contributed by atoms with Crippen molar-refractivity contribution in [2.24, 2.45) is 5.92 Å². The molecule has 0 radical (unpaired) electrons. The highest BCUT2D eigenvalue weighted by atomic mass is 32.2. The standard InChI is InChI=1S/C25H28F3N3O5S/c1-13(2)35-20-11-17(10-18(20)23(32)30-24(12-29)7-8-24)37(33,34)21-6-5-16(9-19(21)25(26,27)28)22-14(3)31-36-15(22)4/h5-6,9,13,17-18,20H,7-8,10-11H2,1-4H3,(H,30,32)/t17-,18?,20-/m1/s1. The van der Waals surface area contributed by atoms with Gasteiger partial charge in [-0.2, -0.15) is 18.4 Å². The van der Waals surface area contributed by atoms with Crippen molar-refractivity contribution in [1.29, 1.82) is 5.26 Å². The topological polar surface area (TPSA) is 122 Å². The van der Waals surface area contributed by atoms with Gasteiger partial charge in [0.2, 0.25) is 5.91 Å². The number of ether oxygens (including phenoxy) is 1. The van der Waals surface area contributed by atoms with E-state index in [9.17, 15) is 31.6 Å². The lowest BCUT2D eigenvalue weighted by atomic mass is 10.0. The van der Waals surface area contributed by atoms with Crippen LogP contribution in [0.2, 0.25) is 0 Å². The first-order valence-electron chi connectivity index (χ1n) is 12.0. The molecule has 8 nitrogen and oxygen atoms in total. The molecule has 0 aliphatic heterocycles. The maximum atomic E-state index is 14.2. The average molecular weight is 540 g/mol. The quantitative estimate of drug-likeness (QED) is 0.550. The Hall–Kier alpha value is -2.91. The Labute approximate surface area is 213 Å². The van der Waals surface area contributed by atoms with Gasteiger partial charge in [-0.25, -0.2) is 8.42 Å². The van der Waals surface area contributed by atoms with E-state index >= 15 is 0 Å². The van der Waals surface area contributed by atoms with Crippen LogP contribution in [0.5, 0.6) is 0 Å². The number of nitrogens with one attached hydrogen (secondary N) is 1. The third-order valence-electron chi connectivity index (χ3n) is 6.92. The van der Waals surface area contributed by atoms with E-state index in [-0.39, 0.29) is 24.5 Å². The number of sulfone groups is 1. The van der Waals surface area contributed by atoms with Gasteiger partial charge in [-0.1, -0.05) is 11.2 Å². The number of aryl methyl sites for hydroxylation is 2. The summed E-state index contributed by atoms with van der Waals surface area (Å²) in [7, 11) is -4.51. The predicted molar refractivity (Wildman–Crippen MR) is 126 cm³/mol. The number of nitrogens with zero attached hydrogens (tertiary/aromatic N) is 2. The molecule has 2 aliphatic rings. The smallest absolute Gasteiger partial charge is 0.375 e. The highest BCUT2D eigenvalue weighted by Gasteiger charge is 2.51. The molecular weight excluding hydrogens is 511 g/mol. The van der Waals surface area contributed by atoms with Crippen LogP contribution in [-0.2, 0) is 25.5 Å². The number of amides is 1. The molecule has 0 bridgehead atoms. The summed E-state index contributed by atoms with van der Waals surface area (Å²) in [6.45, 7) is 6.59. The molecule has 0 spiro atoms. The van der Waals surface area contributed by atoms with Crippen molar-refractivity contribution in [3.8, 4) is 17.2 Å². The molecule has 1 N–H and O–H groups in total. The summed E-state index contributed by atoms with van der Waals surface area (Å²) in [5.74, 6) is -1.12. The van der Waals surface area contributed by atoms with E-state index in [1.54, 1.807) is 27.7 Å². The fraction of sp³-hybridized carbons (Fsp3) is 0.560. The molecule has 4 rings (SSSR count). The maximum absolute atomic E-state index is 14.2. The maximum Gasteiger partial charge on any atom is 0.417 e. The third kappa shape index (κ3) is 5.25. The Morgan fingerprint density at radius 3 is 2.46 bits per heavy atom. The van der Waals surface area contributed by atoms with Gasteiger partial charge in [0, 0.05) is 5.56 Å². The number of carbonyl (C=O) groups excluding carboxylic acids is 1. The summed E-state index contributed by atoms with van der Waals surface area (Å²) >= 11 is 0. The minimum Gasteiger partial charge on any atom is -0.375 e. The van der Waals surface area contributed by atoms with E-state index in [0.29, 0.717) is 29.9 Å². The molecule has 200 valence electrons. The zero-order valence-corrected chi connectivity index (χ0v) is 21.7. The third-order valence-corrected chi connectivity index (χ3v) is 9.16. The molecule has 1 aromatic carbocycles. The van der Waals surface area contributed by atoms with Gasteiger partial charge >= 0.3 is 6.18 Å². The second-order valence-electron chi connectivity index (χ2n) is 10.1. The Bertz CT molecular complexity index is 1340. The van der Waals surface area contributed by atoms with Crippen LogP contribution in [0, 0.1) is 31.1 Å². The zero-order valence-electron chi connectivity index (χ0n) is 20.8. The first-order valence-corrected chi connectivity index (χ1v) is 13.5. The second-order valence-corrected chi connectivity index (χ2v) is 12.3. The molecule has 2 fully saturated rings. The molecule has 3 atom stereocenters. The molecule has 1 unspecified atom stereocenters. The van der Waals surface area contributed by atoms with E-state index in [2.05, 4.69) is 16.5 Å². The molecular formula is C25H28F3N3O5S. The lowest BCUT2D eigenvalue weighted by Gasteiger charge is -2.22. The van der Waals surface area contributed by atoms with Gasteiger partial charge in [-0.15, -0.1) is 0 Å². The number of aromatic nitrogens is 1. The fourth-order valence-electron chi connectivity index (χ4n) is 4.93. The Morgan fingerprint density at radius 1 is 1.27 bits per heavy atom. The van der Waals surface area contributed by atoms with Crippen molar-refractivity contribution in [3.63, 3.8) is 0 Å². The van der Waals surface area contributed by atoms with Gasteiger partial charge in [0.15, 0.2) is 9.84 Å². The van der Waals surface area contributed by atoms with Crippen molar-refractivity contribution in [1.82, 2.24) is 10.5 Å². The minimum absolute atomic E-state index is 0.137. The van der Waals surface area contributed by atoms with Crippen molar-refractivity contribution < 1.29 is 35.6 Å². The monoisotopic (exact) mass is 539 g/mol. The van der Waals surface area contributed by atoms with Gasteiger partial charge in [0.05, 0.1) is 45.6 Å². The zero-order chi connectivity index (χ0) is 27.3. The summed E-state index contributed by atoms with van der Waals surface area (Å²) in [5, 5.41) is 14.5. The number of carbonyl (C=O) groups is 1. The number of halogens is 3. The van der Waals surface area contributed by atoms with Crippen LogP contribution in [0.15, 0.2) is 27.6 Å². The number of benzene rings is 1. The van der Waals surface area contributed by atoms with Crippen LogP contribution in [0.25, 0.3) is 11.1 Å². The van der Waals surface area contributed by atoms with Gasteiger partial charge in [-0.3, -0.25) is 4.79 Å². The molecule has 2 aromatic rings. The summed E-state index contributed by atoms with van der Waals surface area (Å²) in [6, 6.07) is 5.11. The van der Waals surface area contributed by atoms with Crippen molar-refractivity contribution in [2.45, 2.75) is 87.4 Å². The second kappa shape index (κ2) is 9.44. The normalized spacial score (nSPS) is 23.2. The molecule has 2 aliphatic carbocycles. The fourth-order valence-corrected chi connectivity index (χ4v) is 6.93. The first-order chi connectivity index (χ1) is 17.2. The average Bonchev–Trinajstić information content (AvgIpc) is 3.31. The van der Waals surface area contributed by atoms with Gasteiger partial charge in [0.25, 0.3) is 0 Å². The summed E-state index contributed by atoms with van der Waals surface area (Å²) < 4.78 is 80.6. The lowest BCUT2D eigenvalue weighted by Crippen LogP contribution is -2.43. The Morgan fingerprint density at radius 2 is 1.95 bits per heavy atom. The summed E-state index contributed by atoms with van der Waals surface area (Å²) in [6.07, 6.45) is -5.47. The van der Waals surface area contributed by atoms with Crippen LogP contribution in [0.3, 0.4) is 0 Å². The van der Waals surface area contributed by atoms with E-state index in [0.717, 1.165) is 12.1 Å². The molecule has 0 saturated heterocycles. The Balaban J connectivity index is 1.70. The summed E-state index contributed by atoms with van der Waals surface area (Å²) in [4.78, 5) is 12.1. The predicted octanol–water partition coefficient (Wildman–Crippen LogP) is 4.50.